The fraction of sp³-hybridized carbons (Fsp3) is 0.467. The Morgan fingerprint density at radius 2 is 2.27 bits per heavy atom. The summed E-state index contributed by atoms with van der Waals surface area (Å²) in [5.74, 6) is -0.285. The normalized spacial score (nSPS) is 19.3. The largest absolute Gasteiger partial charge is 0.343 e. The number of carbonyl (C=O) groups excluding carboxylic acids is 2. The molecule has 1 aliphatic heterocycles. The third-order valence-electron chi connectivity index (χ3n) is 3.63. The first-order chi connectivity index (χ1) is 10.5. The lowest BCUT2D eigenvalue weighted by Gasteiger charge is -2.19. The lowest BCUT2D eigenvalue weighted by atomic mass is 10.2. The van der Waals surface area contributed by atoms with E-state index in [2.05, 4.69) is 5.32 Å². The van der Waals surface area contributed by atoms with Gasteiger partial charge in [0, 0.05) is 6.54 Å². The Kier molecular flexibility index (Phi) is 5.79. The van der Waals surface area contributed by atoms with Crippen LogP contribution in [0.3, 0.4) is 0 Å². The summed E-state index contributed by atoms with van der Waals surface area (Å²) in [6.07, 6.45) is 2.95. The number of rotatable bonds is 6. The second-order valence-electron chi connectivity index (χ2n) is 5.18. The minimum atomic E-state index is -0.632. The molecule has 0 bridgehead atoms. The molecule has 0 aliphatic carbocycles. The first kappa shape index (κ1) is 16.8. The van der Waals surface area contributed by atoms with Crippen molar-refractivity contribution in [1.29, 1.82) is 0 Å². The maximum absolute atomic E-state index is 13.8. The van der Waals surface area contributed by atoms with Crippen molar-refractivity contribution < 1.29 is 14.0 Å². The predicted octanol–water partition coefficient (Wildman–Crippen LogP) is 1.13. The first-order valence-electron chi connectivity index (χ1n) is 7.15. The smallest absolute Gasteiger partial charge is 0.249 e. The van der Waals surface area contributed by atoms with Crippen LogP contribution >= 0.6 is 11.8 Å². The summed E-state index contributed by atoms with van der Waals surface area (Å²) in [7, 11) is 0. The number of nitrogens with zero attached hydrogens (tertiary/aromatic N) is 1. The fourth-order valence-electron chi connectivity index (χ4n) is 2.38. The lowest BCUT2D eigenvalue weighted by molar-refractivity contribution is -0.127. The van der Waals surface area contributed by atoms with Crippen molar-refractivity contribution >= 4 is 29.3 Å². The standard InChI is InChI=1S/C15H20FN3O2S/c1-22-9-7-11(17)14(20)18-12-6-8-19(15(12)21)13-5-3-2-4-10(13)16/h2-5,11-12H,6-9,17H2,1H3,(H,18,20)/t11-,12?/m0/s1. The molecular formula is C15H20FN3O2S. The SMILES string of the molecule is CSCC[C@H](N)C(=O)NC1CCN(c2ccccc2F)C1=O. The van der Waals surface area contributed by atoms with Crippen molar-refractivity contribution in [2.75, 3.05) is 23.5 Å². The van der Waals surface area contributed by atoms with Gasteiger partial charge in [0.15, 0.2) is 0 Å². The second kappa shape index (κ2) is 7.60. The molecule has 1 unspecified atom stereocenters. The van der Waals surface area contributed by atoms with Gasteiger partial charge in [-0.15, -0.1) is 0 Å². The van der Waals surface area contributed by atoms with E-state index < -0.39 is 17.9 Å². The van der Waals surface area contributed by atoms with Gasteiger partial charge in [0.1, 0.15) is 11.9 Å². The van der Waals surface area contributed by atoms with E-state index in [0.717, 1.165) is 5.75 Å². The van der Waals surface area contributed by atoms with E-state index in [1.165, 1.54) is 11.0 Å². The van der Waals surface area contributed by atoms with Crippen molar-refractivity contribution in [1.82, 2.24) is 5.32 Å². The van der Waals surface area contributed by atoms with Gasteiger partial charge in [-0.05, 0) is 37.0 Å². The maximum Gasteiger partial charge on any atom is 0.249 e. The van der Waals surface area contributed by atoms with Crippen LogP contribution in [-0.4, -0.2) is 42.5 Å². The lowest BCUT2D eigenvalue weighted by Crippen LogP contribution is -2.48. The quantitative estimate of drug-likeness (QED) is 0.822. The molecule has 1 heterocycles. The van der Waals surface area contributed by atoms with E-state index in [1.807, 2.05) is 6.26 Å². The summed E-state index contributed by atoms with van der Waals surface area (Å²) in [6, 6.07) is 4.86. The average molecular weight is 325 g/mol. The zero-order valence-electron chi connectivity index (χ0n) is 12.4. The minimum absolute atomic E-state index is 0.246. The van der Waals surface area contributed by atoms with Crippen LogP contribution in [0.4, 0.5) is 10.1 Å². The highest BCUT2D eigenvalue weighted by molar-refractivity contribution is 7.98. The number of nitrogens with two attached hydrogens (primary N) is 1. The summed E-state index contributed by atoms with van der Waals surface area (Å²) in [6.45, 7) is 0.380. The van der Waals surface area contributed by atoms with E-state index in [4.69, 9.17) is 5.73 Å². The number of thioether (sulfide) groups is 1. The Labute approximate surface area is 133 Å². The highest BCUT2D eigenvalue weighted by Gasteiger charge is 2.35. The molecule has 1 fully saturated rings. The summed E-state index contributed by atoms with van der Waals surface area (Å²) in [5.41, 5.74) is 6.03. The topological polar surface area (TPSA) is 75.4 Å². The van der Waals surface area contributed by atoms with Crippen LogP contribution in [0.25, 0.3) is 0 Å². The van der Waals surface area contributed by atoms with Gasteiger partial charge in [-0.25, -0.2) is 4.39 Å². The molecule has 0 spiro atoms. The predicted molar refractivity (Wildman–Crippen MR) is 86.3 cm³/mol. The van der Waals surface area contributed by atoms with Gasteiger partial charge >= 0.3 is 0 Å². The number of halogens is 1. The summed E-state index contributed by atoms with van der Waals surface area (Å²) in [4.78, 5) is 25.7. The molecule has 0 radical (unpaired) electrons. The molecule has 1 aromatic rings. The highest BCUT2D eigenvalue weighted by Crippen LogP contribution is 2.24. The summed E-state index contributed by atoms with van der Waals surface area (Å²) >= 11 is 1.61. The Hall–Kier alpha value is -1.60. The monoisotopic (exact) mass is 325 g/mol. The Morgan fingerprint density at radius 1 is 1.55 bits per heavy atom. The number of hydrogen-bond acceptors (Lipinski definition) is 4. The zero-order chi connectivity index (χ0) is 16.1. The van der Waals surface area contributed by atoms with Gasteiger partial charge in [0.05, 0.1) is 11.7 Å². The number of anilines is 1. The number of amides is 2. The van der Waals surface area contributed by atoms with E-state index in [-0.39, 0.29) is 17.5 Å². The Morgan fingerprint density at radius 3 is 2.95 bits per heavy atom. The van der Waals surface area contributed by atoms with Crippen LogP contribution in [0.15, 0.2) is 24.3 Å². The molecule has 22 heavy (non-hydrogen) atoms. The Bertz CT molecular complexity index is 555. The first-order valence-corrected chi connectivity index (χ1v) is 8.54. The van der Waals surface area contributed by atoms with Crippen LogP contribution in [-0.2, 0) is 9.59 Å². The van der Waals surface area contributed by atoms with Gasteiger partial charge in [-0.1, -0.05) is 12.1 Å². The van der Waals surface area contributed by atoms with E-state index >= 15 is 0 Å². The van der Waals surface area contributed by atoms with Gasteiger partial charge in [0.2, 0.25) is 11.8 Å². The van der Waals surface area contributed by atoms with E-state index in [9.17, 15) is 14.0 Å². The van der Waals surface area contributed by atoms with Crippen molar-refractivity contribution in [3.05, 3.63) is 30.1 Å². The van der Waals surface area contributed by atoms with Crippen molar-refractivity contribution in [3.8, 4) is 0 Å². The molecule has 3 N–H and O–H groups in total. The van der Waals surface area contributed by atoms with Crippen LogP contribution in [0.1, 0.15) is 12.8 Å². The molecule has 2 atom stereocenters. The fourth-order valence-corrected chi connectivity index (χ4v) is 2.87. The van der Waals surface area contributed by atoms with Crippen LogP contribution in [0.2, 0.25) is 0 Å². The van der Waals surface area contributed by atoms with Gasteiger partial charge in [-0.2, -0.15) is 11.8 Å². The van der Waals surface area contributed by atoms with Gasteiger partial charge < -0.3 is 16.0 Å². The molecule has 1 aliphatic rings. The Balaban J connectivity index is 1.97. The molecule has 7 heteroatoms. The molecular weight excluding hydrogens is 305 g/mol. The van der Waals surface area contributed by atoms with Gasteiger partial charge in [-0.3, -0.25) is 9.59 Å². The van der Waals surface area contributed by atoms with Crippen LogP contribution in [0, 0.1) is 5.82 Å². The van der Waals surface area contributed by atoms with Crippen molar-refractivity contribution in [2.24, 2.45) is 5.73 Å². The number of para-hydroxylation sites is 1. The molecule has 0 aromatic heterocycles. The summed E-state index contributed by atoms with van der Waals surface area (Å²) in [5, 5.41) is 2.67. The van der Waals surface area contributed by atoms with E-state index in [1.54, 1.807) is 30.0 Å². The number of benzene rings is 1. The molecule has 5 nitrogen and oxygen atoms in total. The molecule has 2 rings (SSSR count). The third kappa shape index (κ3) is 3.78. The van der Waals surface area contributed by atoms with E-state index in [0.29, 0.717) is 19.4 Å². The molecule has 0 saturated carbocycles. The third-order valence-corrected chi connectivity index (χ3v) is 4.28. The molecule has 1 saturated heterocycles. The number of hydrogen-bond donors (Lipinski definition) is 2. The van der Waals surface area contributed by atoms with Crippen LogP contribution in [0.5, 0.6) is 0 Å². The van der Waals surface area contributed by atoms with Crippen molar-refractivity contribution in [3.63, 3.8) is 0 Å². The summed E-state index contributed by atoms with van der Waals surface area (Å²) < 4.78 is 13.8. The van der Waals surface area contributed by atoms with Crippen LogP contribution < -0.4 is 16.0 Å². The molecule has 1 aromatic carbocycles. The van der Waals surface area contributed by atoms with Crippen molar-refractivity contribution in [2.45, 2.75) is 24.9 Å². The second-order valence-corrected chi connectivity index (χ2v) is 6.16. The zero-order valence-corrected chi connectivity index (χ0v) is 13.2. The van der Waals surface area contributed by atoms with Gasteiger partial charge in [0.25, 0.3) is 0 Å². The minimum Gasteiger partial charge on any atom is -0.343 e. The number of carbonyl (C=O) groups is 2. The molecule has 2 amide bonds. The number of nitrogens with one attached hydrogen (secondary N) is 1. The average Bonchev–Trinajstić information content (AvgIpc) is 2.86. The molecule has 120 valence electrons. The highest BCUT2D eigenvalue weighted by atomic mass is 32.2. The maximum atomic E-state index is 13.8.